The Bertz CT molecular complexity index is 484. The highest BCUT2D eigenvalue weighted by Gasteiger charge is 2.34. The molecule has 1 atom stereocenters. The number of anilines is 2. The molecule has 1 aliphatic heterocycles. The first-order chi connectivity index (χ1) is 9.00. The van der Waals surface area contributed by atoms with E-state index < -0.39 is 12.1 Å². The number of carboxylic acid groups (broad SMARTS) is 1. The van der Waals surface area contributed by atoms with Gasteiger partial charge in [-0.1, -0.05) is 0 Å². The molecule has 0 bridgehead atoms. The molecule has 102 valence electrons. The van der Waals surface area contributed by atoms with E-state index in [1.807, 2.05) is 31.1 Å². The highest BCUT2D eigenvalue weighted by molar-refractivity contribution is 5.97. The Morgan fingerprint density at radius 1 is 1.26 bits per heavy atom. The molecule has 2 rings (SSSR count). The van der Waals surface area contributed by atoms with Crippen LogP contribution in [-0.4, -0.2) is 43.8 Å². The van der Waals surface area contributed by atoms with Gasteiger partial charge in [0.05, 0.1) is 0 Å². The van der Waals surface area contributed by atoms with Gasteiger partial charge in [-0.25, -0.2) is 4.79 Å². The lowest BCUT2D eigenvalue weighted by atomic mass is 10.1. The van der Waals surface area contributed by atoms with Crippen LogP contribution in [-0.2, 0) is 4.79 Å². The number of rotatable bonds is 3. The minimum Gasteiger partial charge on any atom is -0.465 e. The summed E-state index contributed by atoms with van der Waals surface area (Å²) in [5.41, 5.74) is 1.49. The van der Waals surface area contributed by atoms with Gasteiger partial charge in [0.25, 0.3) is 0 Å². The number of carbonyl (C=O) groups is 2. The number of nitrogens with one attached hydrogen (secondary N) is 1. The first-order valence-corrected chi connectivity index (χ1v) is 6.08. The third kappa shape index (κ3) is 2.62. The van der Waals surface area contributed by atoms with Crippen LogP contribution in [0.5, 0.6) is 0 Å². The molecule has 1 aliphatic rings. The predicted molar refractivity (Wildman–Crippen MR) is 72.7 cm³/mol. The first kappa shape index (κ1) is 13.2. The van der Waals surface area contributed by atoms with Crippen LogP contribution in [0.1, 0.15) is 6.42 Å². The normalized spacial score (nSPS) is 18.0. The van der Waals surface area contributed by atoms with E-state index in [1.165, 1.54) is 0 Å². The minimum atomic E-state index is -1.11. The quantitative estimate of drug-likeness (QED) is 0.857. The van der Waals surface area contributed by atoms with Crippen molar-refractivity contribution in [1.29, 1.82) is 0 Å². The van der Waals surface area contributed by atoms with Crippen molar-refractivity contribution in [3.05, 3.63) is 24.3 Å². The second-order valence-corrected chi connectivity index (χ2v) is 4.66. The van der Waals surface area contributed by atoms with Crippen molar-refractivity contribution in [3.8, 4) is 0 Å². The largest absolute Gasteiger partial charge is 0.465 e. The maximum absolute atomic E-state index is 11.6. The molecule has 1 fully saturated rings. The minimum absolute atomic E-state index is 0.237. The monoisotopic (exact) mass is 263 g/mol. The van der Waals surface area contributed by atoms with Crippen LogP contribution in [0.2, 0.25) is 0 Å². The van der Waals surface area contributed by atoms with E-state index in [0.717, 1.165) is 10.6 Å². The van der Waals surface area contributed by atoms with Gasteiger partial charge in [0.15, 0.2) is 0 Å². The molecule has 0 radical (unpaired) electrons. The van der Waals surface area contributed by atoms with Gasteiger partial charge in [0.2, 0.25) is 5.91 Å². The van der Waals surface area contributed by atoms with Crippen molar-refractivity contribution in [3.63, 3.8) is 0 Å². The molecule has 0 spiro atoms. The lowest BCUT2D eigenvalue weighted by molar-refractivity contribution is -0.120. The second kappa shape index (κ2) is 5.17. The molecule has 0 aliphatic carbocycles. The zero-order chi connectivity index (χ0) is 14.0. The van der Waals surface area contributed by atoms with Crippen LogP contribution in [0.25, 0.3) is 0 Å². The first-order valence-electron chi connectivity index (χ1n) is 6.08. The number of nitrogens with zero attached hydrogens (tertiary/aromatic N) is 2. The van der Waals surface area contributed by atoms with E-state index in [4.69, 9.17) is 0 Å². The van der Waals surface area contributed by atoms with E-state index in [0.29, 0.717) is 18.7 Å². The number of amides is 2. The lowest BCUT2D eigenvalue weighted by Crippen LogP contribution is -2.44. The van der Waals surface area contributed by atoms with Crippen LogP contribution in [0.15, 0.2) is 24.3 Å². The van der Waals surface area contributed by atoms with Gasteiger partial charge in [-0.15, -0.1) is 0 Å². The fourth-order valence-corrected chi connectivity index (χ4v) is 2.16. The maximum Gasteiger partial charge on any atom is 0.412 e. The van der Waals surface area contributed by atoms with Crippen molar-refractivity contribution >= 4 is 23.4 Å². The molecule has 2 amide bonds. The molecule has 1 aromatic rings. The highest BCUT2D eigenvalue weighted by Crippen LogP contribution is 2.24. The number of benzene rings is 1. The van der Waals surface area contributed by atoms with Gasteiger partial charge in [-0.3, -0.25) is 9.69 Å². The molecule has 0 aromatic heterocycles. The average molecular weight is 263 g/mol. The highest BCUT2D eigenvalue weighted by atomic mass is 16.4. The fourth-order valence-electron chi connectivity index (χ4n) is 2.16. The summed E-state index contributed by atoms with van der Waals surface area (Å²) in [4.78, 5) is 26.1. The molecule has 2 N–H and O–H groups in total. The van der Waals surface area contributed by atoms with Crippen molar-refractivity contribution in [1.82, 2.24) is 5.32 Å². The molecule has 6 nitrogen and oxygen atoms in total. The van der Waals surface area contributed by atoms with E-state index in [-0.39, 0.29) is 5.91 Å². The summed E-state index contributed by atoms with van der Waals surface area (Å²) >= 11 is 0. The van der Waals surface area contributed by atoms with Crippen LogP contribution >= 0.6 is 0 Å². The standard InChI is InChI=1S/C13H17N3O3/c1-15(2)9-3-5-10(6-4-9)16(13(18)19)11-7-8-14-12(11)17/h3-6,11H,7-8H2,1-2H3,(H,14,17)(H,18,19). The van der Waals surface area contributed by atoms with Gasteiger partial charge in [-0.2, -0.15) is 0 Å². The maximum atomic E-state index is 11.6. The number of hydrogen-bond donors (Lipinski definition) is 2. The van der Waals surface area contributed by atoms with Crippen molar-refractivity contribution in [2.45, 2.75) is 12.5 Å². The zero-order valence-corrected chi connectivity index (χ0v) is 11.0. The Balaban J connectivity index is 2.29. The van der Waals surface area contributed by atoms with Crippen molar-refractivity contribution in [2.24, 2.45) is 0 Å². The summed E-state index contributed by atoms with van der Waals surface area (Å²) in [6, 6.07) is 6.46. The molecule has 1 unspecified atom stereocenters. The fraction of sp³-hybridized carbons (Fsp3) is 0.385. The Morgan fingerprint density at radius 3 is 2.26 bits per heavy atom. The lowest BCUT2D eigenvalue weighted by Gasteiger charge is -2.24. The Labute approximate surface area is 111 Å². The molecule has 0 saturated carbocycles. The summed E-state index contributed by atoms with van der Waals surface area (Å²) in [5.74, 6) is -0.237. The molecule has 1 heterocycles. The van der Waals surface area contributed by atoms with Crippen LogP contribution < -0.4 is 15.1 Å². The smallest absolute Gasteiger partial charge is 0.412 e. The Kier molecular flexibility index (Phi) is 3.59. The summed E-state index contributed by atoms with van der Waals surface area (Å²) in [7, 11) is 3.82. The van der Waals surface area contributed by atoms with Gasteiger partial charge in [-0.05, 0) is 30.7 Å². The van der Waals surface area contributed by atoms with E-state index in [2.05, 4.69) is 5.32 Å². The van der Waals surface area contributed by atoms with E-state index in [1.54, 1.807) is 12.1 Å². The molecule has 19 heavy (non-hydrogen) atoms. The SMILES string of the molecule is CN(C)c1ccc(N(C(=O)O)C2CCNC2=O)cc1. The molecule has 1 saturated heterocycles. The van der Waals surface area contributed by atoms with E-state index >= 15 is 0 Å². The Hall–Kier alpha value is -2.24. The topological polar surface area (TPSA) is 72.9 Å². The summed E-state index contributed by atoms with van der Waals surface area (Å²) in [6.45, 7) is 0.517. The van der Waals surface area contributed by atoms with Crippen molar-refractivity contribution in [2.75, 3.05) is 30.4 Å². The van der Waals surface area contributed by atoms with Gasteiger partial charge in [0, 0.05) is 32.0 Å². The van der Waals surface area contributed by atoms with Crippen LogP contribution in [0.4, 0.5) is 16.2 Å². The van der Waals surface area contributed by atoms with Gasteiger partial charge >= 0.3 is 6.09 Å². The number of hydrogen-bond acceptors (Lipinski definition) is 3. The Morgan fingerprint density at radius 2 is 1.84 bits per heavy atom. The number of carbonyl (C=O) groups excluding carboxylic acids is 1. The van der Waals surface area contributed by atoms with Gasteiger partial charge < -0.3 is 15.3 Å². The third-order valence-electron chi connectivity index (χ3n) is 3.18. The summed E-state index contributed by atoms with van der Waals surface area (Å²) in [5, 5.41) is 12.0. The predicted octanol–water partition coefficient (Wildman–Crippen LogP) is 1.13. The van der Waals surface area contributed by atoms with Gasteiger partial charge in [0.1, 0.15) is 6.04 Å². The molecule has 6 heteroatoms. The molecule has 1 aromatic carbocycles. The zero-order valence-electron chi connectivity index (χ0n) is 11.0. The summed E-state index contributed by atoms with van der Waals surface area (Å²) < 4.78 is 0. The average Bonchev–Trinajstić information content (AvgIpc) is 2.76. The molecular weight excluding hydrogens is 246 g/mol. The second-order valence-electron chi connectivity index (χ2n) is 4.66. The van der Waals surface area contributed by atoms with E-state index in [9.17, 15) is 14.7 Å². The van der Waals surface area contributed by atoms with Crippen LogP contribution in [0.3, 0.4) is 0 Å². The van der Waals surface area contributed by atoms with Crippen molar-refractivity contribution < 1.29 is 14.7 Å². The summed E-state index contributed by atoms with van der Waals surface area (Å²) in [6.07, 6.45) is -0.611. The molecular formula is C13H17N3O3. The third-order valence-corrected chi connectivity index (χ3v) is 3.18. The van der Waals surface area contributed by atoms with Crippen LogP contribution in [0, 0.1) is 0 Å².